The van der Waals surface area contributed by atoms with Crippen molar-refractivity contribution in [2.24, 2.45) is 0 Å². The molecular weight excluding hydrogens is 222 g/mol. The zero-order chi connectivity index (χ0) is 11.8. The SMILES string of the molecule is CC(NSC(C)(C)C)c1nnc(C2CC2)o1. The number of hydrogen-bond donors (Lipinski definition) is 1. The van der Waals surface area contributed by atoms with Gasteiger partial charge in [-0.25, -0.2) is 0 Å². The van der Waals surface area contributed by atoms with Crippen LogP contribution in [0.15, 0.2) is 4.42 Å². The Morgan fingerprint density at radius 3 is 2.62 bits per heavy atom. The normalized spacial score (nSPS) is 18.8. The molecule has 1 N–H and O–H groups in total. The largest absolute Gasteiger partial charge is 0.423 e. The molecule has 1 fully saturated rings. The van der Waals surface area contributed by atoms with Crippen molar-refractivity contribution in [3.63, 3.8) is 0 Å². The van der Waals surface area contributed by atoms with Gasteiger partial charge in [0.15, 0.2) is 0 Å². The van der Waals surface area contributed by atoms with Crippen molar-refractivity contribution in [1.82, 2.24) is 14.9 Å². The number of nitrogens with zero attached hydrogens (tertiary/aromatic N) is 2. The summed E-state index contributed by atoms with van der Waals surface area (Å²) in [6.07, 6.45) is 2.39. The van der Waals surface area contributed by atoms with E-state index in [4.69, 9.17) is 4.42 Å². The molecule has 1 unspecified atom stereocenters. The van der Waals surface area contributed by atoms with Gasteiger partial charge in [-0.05, 0) is 40.5 Å². The van der Waals surface area contributed by atoms with E-state index in [1.165, 1.54) is 12.8 Å². The van der Waals surface area contributed by atoms with Crippen LogP contribution >= 0.6 is 11.9 Å². The van der Waals surface area contributed by atoms with E-state index in [2.05, 4.69) is 35.7 Å². The summed E-state index contributed by atoms with van der Waals surface area (Å²) in [4.78, 5) is 0. The van der Waals surface area contributed by atoms with Crippen LogP contribution < -0.4 is 4.72 Å². The molecule has 0 saturated heterocycles. The summed E-state index contributed by atoms with van der Waals surface area (Å²) in [6.45, 7) is 8.55. The van der Waals surface area contributed by atoms with E-state index in [-0.39, 0.29) is 10.8 Å². The van der Waals surface area contributed by atoms with E-state index < -0.39 is 0 Å². The van der Waals surface area contributed by atoms with Crippen LogP contribution in [0.4, 0.5) is 0 Å². The zero-order valence-corrected chi connectivity index (χ0v) is 11.1. The van der Waals surface area contributed by atoms with Crippen molar-refractivity contribution < 1.29 is 4.42 Å². The minimum absolute atomic E-state index is 0.101. The Morgan fingerprint density at radius 1 is 1.38 bits per heavy atom. The zero-order valence-electron chi connectivity index (χ0n) is 10.3. The predicted molar refractivity (Wildman–Crippen MR) is 65.2 cm³/mol. The highest BCUT2D eigenvalue weighted by atomic mass is 32.2. The minimum Gasteiger partial charge on any atom is -0.423 e. The summed E-state index contributed by atoms with van der Waals surface area (Å²) in [7, 11) is 0. The van der Waals surface area contributed by atoms with Crippen molar-refractivity contribution in [1.29, 1.82) is 0 Å². The first-order valence-corrected chi connectivity index (χ1v) is 6.54. The molecule has 1 aromatic heterocycles. The molecule has 0 spiro atoms. The second-order valence-electron chi connectivity index (χ2n) is 5.31. The van der Waals surface area contributed by atoms with E-state index >= 15 is 0 Å². The molecule has 0 radical (unpaired) electrons. The van der Waals surface area contributed by atoms with Gasteiger partial charge in [-0.15, -0.1) is 10.2 Å². The van der Waals surface area contributed by atoms with E-state index in [1.807, 2.05) is 6.92 Å². The third kappa shape index (κ3) is 3.22. The van der Waals surface area contributed by atoms with Gasteiger partial charge in [-0.1, -0.05) is 11.9 Å². The maximum Gasteiger partial charge on any atom is 0.233 e. The van der Waals surface area contributed by atoms with E-state index in [1.54, 1.807) is 11.9 Å². The van der Waals surface area contributed by atoms with Crippen LogP contribution in [0.25, 0.3) is 0 Å². The summed E-state index contributed by atoms with van der Waals surface area (Å²) < 4.78 is 9.16. The summed E-state index contributed by atoms with van der Waals surface area (Å²) >= 11 is 1.69. The summed E-state index contributed by atoms with van der Waals surface area (Å²) in [5.41, 5.74) is 0. The summed E-state index contributed by atoms with van der Waals surface area (Å²) in [6, 6.07) is 0.101. The molecule has 0 aromatic carbocycles. The monoisotopic (exact) mass is 241 g/mol. The number of hydrogen-bond acceptors (Lipinski definition) is 5. The van der Waals surface area contributed by atoms with Gasteiger partial charge in [0.25, 0.3) is 0 Å². The lowest BCUT2D eigenvalue weighted by molar-refractivity contribution is 0.420. The quantitative estimate of drug-likeness (QED) is 0.821. The molecule has 1 aliphatic rings. The van der Waals surface area contributed by atoms with Crippen LogP contribution in [-0.2, 0) is 0 Å². The molecule has 1 heterocycles. The molecule has 4 nitrogen and oxygen atoms in total. The van der Waals surface area contributed by atoms with Crippen molar-refractivity contribution >= 4 is 11.9 Å². The fourth-order valence-electron chi connectivity index (χ4n) is 1.23. The summed E-state index contributed by atoms with van der Waals surface area (Å²) in [5, 5.41) is 8.16. The van der Waals surface area contributed by atoms with E-state index in [0.29, 0.717) is 11.8 Å². The highest BCUT2D eigenvalue weighted by molar-refractivity contribution is 7.98. The van der Waals surface area contributed by atoms with Crippen LogP contribution in [0.3, 0.4) is 0 Å². The Bertz CT molecular complexity index is 354. The predicted octanol–water partition coefficient (Wildman–Crippen LogP) is 3.04. The van der Waals surface area contributed by atoms with Crippen molar-refractivity contribution in [2.45, 2.75) is 57.2 Å². The van der Waals surface area contributed by atoms with Gasteiger partial charge in [-0.2, -0.15) is 0 Å². The maximum absolute atomic E-state index is 5.64. The molecule has 90 valence electrons. The maximum atomic E-state index is 5.64. The second kappa shape index (κ2) is 4.37. The fourth-order valence-corrected chi connectivity index (χ4v) is 1.86. The lowest BCUT2D eigenvalue weighted by atomic mass is 10.3. The topological polar surface area (TPSA) is 51.0 Å². The molecule has 0 aliphatic heterocycles. The van der Waals surface area contributed by atoms with Crippen molar-refractivity contribution in [3.05, 3.63) is 11.8 Å². The highest BCUT2D eigenvalue weighted by Crippen LogP contribution is 2.39. The van der Waals surface area contributed by atoms with Crippen LogP contribution in [0.1, 0.15) is 64.3 Å². The molecular formula is C11H19N3OS. The molecule has 1 saturated carbocycles. The third-order valence-electron chi connectivity index (χ3n) is 2.30. The van der Waals surface area contributed by atoms with Gasteiger partial charge in [0.1, 0.15) is 0 Å². The Hall–Kier alpha value is -0.550. The Labute approximate surface area is 101 Å². The molecule has 1 atom stereocenters. The number of aromatic nitrogens is 2. The third-order valence-corrected chi connectivity index (χ3v) is 3.38. The molecule has 0 bridgehead atoms. The van der Waals surface area contributed by atoms with Gasteiger partial charge >= 0.3 is 0 Å². The Kier molecular flexibility index (Phi) is 3.26. The molecule has 1 aromatic rings. The lowest BCUT2D eigenvalue weighted by Gasteiger charge is -2.19. The fraction of sp³-hybridized carbons (Fsp3) is 0.818. The van der Waals surface area contributed by atoms with Gasteiger partial charge < -0.3 is 4.42 Å². The molecule has 5 heteroatoms. The lowest BCUT2D eigenvalue weighted by Crippen LogP contribution is -2.20. The Morgan fingerprint density at radius 2 is 2.06 bits per heavy atom. The highest BCUT2D eigenvalue weighted by Gasteiger charge is 2.30. The Balaban J connectivity index is 1.89. The molecule has 2 rings (SSSR count). The van der Waals surface area contributed by atoms with Gasteiger partial charge in [0, 0.05) is 10.7 Å². The van der Waals surface area contributed by atoms with Gasteiger partial charge in [-0.3, -0.25) is 4.72 Å². The second-order valence-corrected chi connectivity index (χ2v) is 6.97. The van der Waals surface area contributed by atoms with Crippen LogP contribution in [0.5, 0.6) is 0 Å². The van der Waals surface area contributed by atoms with Crippen molar-refractivity contribution in [2.75, 3.05) is 0 Å². The minimum atomic E-state index is 0.101. The summed E-state index contributed by atoms with van der Waals surface area (Å²) in [5.74, 6) is 2.03. The standard InChI is InChI=1S/C11H19N3OS/c1-7(14-16-11(2,3)4)9-12-13-10(15-9)8-5-6-8/h7-8,14H,5-6H2,1-4H3. The first-order chi connectivity index (χ1) is 7.46. The van der Waals surface area contributed by atoms with Crippen LogP contribution in [-0.4, -0.2) is 14.9 Å². The number of nitrogens with one attached hydrogen (secondary N) is 1. The van der Waals surface area contributed by atoms with Crippen molar-refractivity contribution in [3.8, 4) is 0 Å². The van der Waals surface area contributed by atoms with Gasteiger partial charge in [0.2, 0.25) is 11.8 Å². The smallest absolute Gasteiger partial charge is 0.233 e. The first-order valence-electron chi connectivity index (χ1n) is 5.72. The molecule has 0 amide bonds. The van der Waals surface area contributed by atoms with Gasteiger partial charge in [0.05, 0.1) is 6.04 Å². The number of rotatable bonds is 4. The van der Waals surface area contributed by atoms with E-state index in [9.17, 15) is 0 Å². The average Bonchev–Trinajstić information content (AvgIpc) is 2.92. The molecule has 1 aliphatic carbocycles. The van der Waals surface area contributed by atoms with Crippen LogP contribution in [0, 0.1) is 0 Å². The average molecular weight is 241 g/mol. The van der Waals surface area contributed by atoms with Crippen LogP contribution in [0.2, 0.25) is 0 Å². The molecule has 16 heavy (non-hydrogen) atoms. The van der Waals surface area contributed by atoms with E-state index in [0.717, 1.165) is 5.89 Å². The first kappa shape index (κ1) is 11.9.